The van der Waals surface area contributed by atoms with Crippen molar-refractivity contribution in [3.8, 4) is 0 Å². The van der Waals surface area contributed by atoms with Gasteiger partial charge in [0.15, 0.2) is 0 Å². The van der Waals surface area contributed by atoms with Crippen LogP contribution in [0, 0.1) is 11.8 Å². The Kier molecular flexibility index (Phi) is 5.83. The molecule has 6 heteroatoms. The van der Waals surface area contributed by atoms with E-state index in [1.54, 1.807) is 17.4 Å². The molecule has 3 rings (SSSR count). The second-order valence-corrected chi connectivity index (χ2v) is 7.40. The van der Waals surface area contributed by atoms with E-state index in [2.05, 4.69) is 10.6 Å². The number of thiophene rings is 1. The second-order valence-electron chi connectivity index (χ2n) is 6.37. The first-order chi connectivity index (χ1) is 12.2. The molecule has 2 aromatic rings. The van der Waals surface area contributed by atoms with Crippen LogP contribution in [-0.4, -0.2) is 18.4 Å². The zero-order valence-corrected chi connectivity index (χ0v) is 14.9. The summed E-state index contributed by atoms with van der Waals surface area (Å²) in [6.45, 7) is 0.539. The van der Waals surface area contributed by atoms with Crippen molar-refractivity contribution < 1.29 is 9.59 Å². The molecular formula is C19H23N3O2S. The lowest BCUT2D eigenvalue weighted by Crippen LogP contribution is -2.30. The second kappa shape index (κ2) is 8.27. The first kappa shape index (κ1) is 17.6. The van der Waals surface area contributed by atoms with Crippen molar-refractivity contribution in [2.75, 3.05) is 17.2 Å². The standard InChI is InChI=1S/C19H23N3O2S/c20-12-13-5-3-7-15(13)19(24)22-17-9-2-1-8-16(17)21-18(23)11-14-6-4-10-25-14/h1-2,4,6,8-10,13,15H,3,5,7,11-12,20H2,(H,21,23)(H,22,24)/t13-,15-/m1/s1. The Hall–Kier alpha value is -2.18. The van der Waals surface area contributed by atoms with E-state index in [4.69, 9.17) is 5.73 Å². The van der Waals surface area contributed by atoms with E-state index in [-0.39, 0.29) is 23.7 Å². The molecule has 1 aliphatic rings. The molecule has 1 aromatic heterocycles. The van der Waals surface area contributed by atoms with Crippen LogP contribution in [0.3, 0.4) is 0 Å². The molecule has 5 nitrogen and oxygen atoms in total. The highest BCUT2D eigenvalue weighted by atomic mass is 32.1. The molecular weight excluding hydrogens is 334 g/mol. The number of hydrogen-bond donors (Lipinski definition) is 3. The van der Waals surface area contributed by atoms with Crippen molar-refractivity contribution in [2.45, 2.75) is 25.7 Å². The lowest BCUT2D eigenvalue weighted by atomic mass is 9.95. The highest BCUT2D eigenvalue weighted by Gasteiger charge is 2.32. The largest absolute Gasteiger partial charge is 0.330 e. The predicted octanol–water partition coefficient (Wildman–Crippen LogP) is 3.24. The Bertz CT molecular complexity index is 730. The first-order valence-corrected chi connectivity index (χ1v) is 9.47. The van der Waals surface area contributed by atoms with Crippen LogP contribution in [-0.2, 0) is 16.0 Å². The normalized spacial score (nSPS) is 19.6. The van der Waals surface area contributed by atoms with Gasteiger partial charge in [-0.3, -0.25) is 9.59 Å². The van der Waals surface area contributed by atoms with E-state index < -0.39 is 0 Å². The van der Waals surface area contributed by atoms with Crippen LogP contribution < -0.4 is 16.4 Å². The highest BCUT2D eigenvalue weighted by Crippen LogP contribution is 2.32. The van der Waals surface area contributed by atoms with Crippen molar-refractivity contribution >= 4 is 34.5 Å². The summed E-state index contributed by atoms with van der Waals surface area (Å²) in [5.74, 6) is 0.109. The van der Waals surface area contributed by atoms with Gasteiger partial charge in [0.05, 0.1) is 17.8 Å². The number of para-hydroxylation sites is 2. The maximum Gasteiger partial charge on any atom is 0.229 e. The number of anilines is 2. The van der Waals surface area contributed by atoms with Gasteiger partial charge in [-0.25, -0.2) is 0 Å². The number of hydrogen-bond acceptors (Lipinski definition) is 4. The first-order valence-electron chi connectivity index (χ1n) is 8.59. The SMILES string of the molecule is NC[C@H]1CCC[C@H]1C(=O)Nc1ccccc1NC(=O)Cc1cccs1. The zero-order chi connectivity index (χ0) is 17.6. The molecule has 0 bridgehead atoms. The van der Waals surface area contributed by atoms with Crippen molar-refractivity contribution in [3.63, 3.8) is 0 Å². The fraction of sp³-hybridized carbons (Fsp3) is 0.368. The van der Waals surface area contributed by atoms with E-state index in [1.165, 1.54) is 0 Å². The Morgan fingerprint density at radius 3 is 2.52 bits per heavy atom. The third-order valence-corrected chi connectivity index (χ3v) is 5.55. The number of rotatable bonds is 6. The molecule has 1 aromatic carbocycles. The summed E-state index contributed by atoms with van der Waals surface area (Å²) >= 11 is 1.55. The summed E-state index contributed by atoms with van der Waals surface area (Å²) in [5, 5.41) is 7.82. The third-order valence-electron chi connectivity index (χ3n) is 4.67. The molecule has 0 spiro atoms. The predicted molar refractivity (Wildman–Crippen MR) is 102 cm³/mol. The molecule has 2 amide bonds. The smallest absolute Gasteiger partial charge is 0.229 e. The zero-order valence-electron chi connectivity index (χ0n) is 14.0. The summed E-state index contributed by atoms with van der Waals surface area (Å²) in [6.07, 6.45) is 3.26. The fourth-order valence-electron chi connectivity index (χ4n) is 3.36. The monoisotopic (exact) mass is 357 g/mol. The average Bonchev–Trinajstić information content (AvgIpc) is 3.27. The van der Waals surface area contributed by atoms with Gasteiger partial charge in [0.2, 0.25) is 11.8 Å². The third kappa shape index (κ3) is 4.46. The molecule has 4 N–H and O–H groups in total. The summed E-state index contributed by atoms with van der Waals surface area (Å²) in [7, 11) is 0. The maximum absolute atomic E-state index is 12.6. The van der Waals surface area contributed by atoms with Gasteiger partial charge in [-0.1, -0.05) is 24.6 Å². The van der Waals surface area contributed by atoms with Gasteiger partial charge in [-0.2, -0.15) is 0 Å². The molecule has 1 heterocycles. The van der Waals surface area contributed by atoms with Gasteiger partial charge >= 0.3 is 0 Å². The quantitative estimate of drug-likeness (QED) is 0.742. The summed E-state index contributed by atoms with van der Waals surface area (Å²) in [4.78, 5) is 25.8. The molecule has 0 saturated heterocycles. The number of nitrogens with two attached hydrogens (primary N) is 1. The highest BCUT2D eigenvalue weighted by molar-refractivity contribution is 7.10. The van der Waals surface area contributed by atoms with Crippen molar-refractivity contribution in [2.24, 2.45) is 17.6 Å². The Labute approximate surface area is 151 Å². The topological polar surface area (TPSA) is 84.2 Å². The minimum Gasteiger partial charge on any atom is -0.330 e. The number of carbonyl (C=O) groups excluding carboxylic acids is 2. The van der Waals surface area contributed by atoms with Gasteiger partial charge in [-0.05, 0) is 48.9 Å². The minimum atomic E-state index is -0.0927. The van der Waals surface area contributed by atoms with Gasteiger partial charge in [0.1, 0.15) is 0 Å². The molecule has 25 heavy (non-hydrogen) atoms. The van der Waals surface area contributed by atoms with Crippen LogP contribution in [0.1, 0.15) is 24.1 Å². The molecule has 0 radical (unpaired) electrons. The summed E-state index contributed by atoms with van der Waals surface area (Å²) < 4.78 is 0. The molecule has 1 saturated carbocycles. The average molecular weight is 357 g/mol. The minimum absolute atomic E-state index is 0.00657. The molecule has 1 aliphatic carbocycles. The molecule has 132 valence electrons. The Morgan fingerprint density at radius 2 is 1.84 bits per heavy atom. The van der Waals surface area contributed by atoms with Crippen LogP contribution in [0.15, 0.2) is 41.8 Å². The van der Waals surface area contributed by atoms with E-state index in [1.807, 2.05) is 35.7 Å². The van der Waals surface area contributed by atoms with Crippen LogP contribution in [0.4, 0.5) is 11.4 Å². The molecule has 1 fully saturated rings. The van der Waals surface area contributed by atoms with E-state index in [9.17, 15) is 9.59 Å². The van der Waals surface area contributed by atoms with Crippen molar-refractivity contribution in [1.29, 1.82) is 0 Å². The molecule has 0 aliphatic heterocycles. The van der Waals surface area contributed by atoms with Crippen LogP contribution in [0.2, 0.25) is 0 Å². The number of benzene rings is 1. The van der Waals surface area contributed by atoms with Gasteiger partial charge in [0, 0.05) is 10.8 Å². The van der Waals surface area contributed by atoms with Crippen LogP contribution >= 0.6 is 11.3 Å². The maximum atomic E-state index is 12.6. The fourth-order valence-corrected chi connectivity index (χ4v) is 4.06. The van der Waals surface area contributed by atoms with E-state index in [0.29, 0.717) is 24.3 Å². The van der Waals surface area contributed by atoms with Gasteiger partial charge < -0.3 is 16.4 Å². The lowest BCUT2D eigenvalue weighted by molar-refractivity contribution is -0.120. The Morgan fingerprint density at radius 1 is 1.08 bits per heavy atom. The number of amides is 2. The van der Waals surface area contributed by atoms with Crippen molar-refractivity contribution in [3.05, 3.63) is 46.7 Å². The van der Waals surface area contributed by atoms with Gasteiger partial charge in [-0.15, -0.1) is 11.3 Å². The summed E-state index contributed by atoms with van der Waals surface area (Å²) in [6, 6.07) is 11.2. The molecule has 2 atom stereocenters. The lowest BCUT2D eigenvalue weighted by Gasteiger charge is -2.19. The summed E-state index contributed by atoms with van der Waals surface area (Å²) in [5.41, 5.74) is 7.04. The molecule has 0 unspecified atom stereocenters. The number of carbonyl (C=O) groups is 2. The number of nitrogens with one attached hydrogen (secondary N) is 2. The van der Waals surface area contributed by atoms with E-state index >= 15 is 0 Å². The van der Waals surface area contributed by atoms with Crippen LogP contribution in [0.5, 0.6) is 0 Å². The Balaban J connectivity index is 1.66. The van der Waals surface area contributed by atoms with Crippen molar-refractivity contribution in [1.82, 2.24) is 0 Å². The van der Waals surface area contributed by atoms with Gasteiger partial charge in [0.25, 0.3) is 0 Å². The van der Waals surface area contributed by atoms with Crippen LogP contribution in [0.25, 0.3) is 0 Å². The van der Waals surface area contributed by atoms with E-state index in [0.717, 1.165) is 24.1 Å².